The maximum Gasteiger partial charge on any atom is 0.254 e. The molecule has 0 N–H and O–H groups in total. The Kier molecular flexibility index (Phi) is 3.26. The lowest BCUT2D eigenvalue weighted by molar-refractivity contribution is -0.124. The van der Waals surface area contributed by atoms with Crippen molar-refractivity contribution in [3.8, 4) is 0 Å². The average molecular weight is 267 g/mol. The first kappa shape index (κ1) is 12.9. The van der Waals surface area contributed by atoms with Gasteiger partial charge in [-0.25, -0.2) is 0 Å². The molecule has 0 aromatic heterocycles. The minimum atomic E-state index is -0.0531. The third-order valence-corrected chi connectivity index (χ3v) is 3.98. The van der Waals surface area contributed by atoms with Gasteiger partial charge in [0.2, 0.25) is 0 Å². The third kappa shape index (κ3) is 2.20. The van der Waals surface area contributed by atoms with Gasteiger partial charge >= 0.3 is 0 Å². The minimum Gasteiger partial charge on any atom is -0.337 e. The molecule has 0 radical (unpaired) electrons. The van der Waals surface area contributed by atoms with Crippen LogP contribution in [0.2, 0.25) is 0 Å². The maximum absolute atomic E-state index is 12.7. The van der Waals surface area contributed by atoms with E-state index in [9.17, 15) is 9.59 Å². The molecule has 1 atom stereocenters. The highest BCUT2D eigenvalue weighted by Gasteiger charge is 2.27. The van der Waals surface area contributed by atoms with Gasteiger partial charge in [-0.3, -0.25) is 9.59 Å². The summed E-state index contributed by atoms with van der Waals surface area (Å²) in [6.45, 7) is 2.96. The van der Waals surface area contributed by atoms with Gasteiger partial charge in [-0.1, -0.05) is 43.3 Å². The van der Waals surface area contributed by atoms with Crippen LogP contribution >= 0.6 is 0 Å². The van der Waals surface area contributed by atoms with Gasteiger partial charge in [-0.15, -0.1) is 0 Å². The third-order valence-electron chi connectivity index (χ3n) is 3.98. The predicted molar refractivity (Wildman–Crippen MR) is 78.6 cm³/mol. The molecule has 0 spiro atoms. The van der Waals surface area contributed by atoms with Crippen LogP contribution in [0.4, 0.5) is 0 Å². The fourth-order valence-corrected chi connectivity index (χ4v) is 2.78. The highest BCUT2D eigenvalue weighted by Crippen LogP contribution is 2.22. The molecule has 0 saturated carbocycles. The molecule has 1 saturated heterocycles. The lowest BCUT2D eigenvalue weighted by Crippen LogP contribution is -2.43. The molecule has 3 heteroatoms. The van der Waals surface area contributed by atoms with Crippen LogP contribution in [0.1, 0.15) is 23.7 Å². The van der Waals surface area contributed by atoms with Crippen molar-refractivity contribution < 1.29 is 9.59 Å². The lowest BCUT2D eigenvalue weighted by atomic mass is 9.97. The summed E-state index contributed by atoms with van der Waals surface area (Å²) in [5.74, 6) is 0.232. The number of fused-ring (bicyclic) bond motifs is 1. The predicted octanol–water partition coefficient (Wildman–Crippen LogP) is 2.89. The Hall–Kier alpha value is -2.16. The van der Waals surface area contributed by atoms with Crippen molar-refractivity contribution in [2.75, 3.05) is 13.1 Å². The van der Waals surface area contributed by atoms with Crippen LogP contribution in [0.3, 0.4) is 0 Å². The number of carbonyl (C=O) groups excluding carboxylic acids is 2. The van der Waals surface area contributed by atoms with Gasteiger partial charge in [0.15, 0.2) is 0 Å². The van der Waals surface area contributed by atoms with Gasteiger partial charge in [-0.2, -0.15) is 0 Å². The van der Waals surface area contributed by atoms with Crippen molar-refractivity contribution >= 4 is 22.5 Å². The first-order valence-electron chi connectivity index (χ1n) is 6.96. The van der Waals surface area contributed by atoms with Crippen LogP contribution in [-0.4, -0.2) is 29.7 Å². The largest absolute Gasteiger partial charge is 0.337 e. The summed E-state index contributed by atoms with van der Waals surface area (Å²) in [5.41, 5.74) is 0.727. The summed E-state index contributed by atoms with van der Waals surface area (Å²) >= 11 is 0. The molecule has 1 amide bonds. The van der Waals surface area contributed by atoms with Crippen molar-refractivity contribution in [3.63, 3.8) is 0 Å². The van der Waals surface area contributed by atoms with Gasteiger partial charge < -0.3 is 4.90 Å². The number of hydrogen-bond donors (Lipinski definition) is 0. The molecule has 3 rings (SSSR count). The molecule has 20 heavy (non-hydrogen) atoms. The Balaban J connectivity index is 1.95. The zero-order valence-electron chi connectivity index (χ0n) is 11.5. The van der Waals surface area contributed by atoms with Crippen molar-refractivity contribution in [2.45, 2.75) is 13.3 Å². The second kappa shape index (κ2) is 5.08. The highest BCUT2D eigenvalue weighted by atomic mass is 16.2. The first-order chi connectivity index (χ1) is 9.66. The van der Waals surface area contributed by atoms with Crippen LogP contribution in [0.15, 0.2) is 42.5 Å². The Labute approximate surface area is 118 Å². The van der Waals surface area contributed by atoms with Gasteiger partial charge in [0, 0.05) is 31.0 Å². The molecule has 1 aliphatic heterocycles. The first-order valence-corrected chi connectivity index (χ1v) is 6.96. The molecule has 1 unspecified atom stereocenters. The summed E-state index contributed by atoms with van der Waals surface area (Å²) in [7, 11) is 0. The summed E-state index contributed by atoms with van der Waals surface area (Å²) in [6, 6.07) is 13.7. The van der Waals surface area contributed by atoms with Crippen molar-refractivity contribution in [3.05, 3.63) is 48.0 Å². The number of piperidine rings is 1. The second-order valence-electron chi connectivity index (χ2n) is 5.40. The summed E-state index contributed by atoms with van der Waals surface area (Å²) < 4.78 is 0. The SMILES string of the molecule is CC1CN(C(=O)c2cccc3ccccc23)CCC1=O. The van der Waals surface area contributed by atoms with Crippen LogP contribution in [0, 0.1) is 5.92 Å². The molecule has 2 aromatic rings. The van der Waals surface area contributed by atoms with Crippen LogP contribution in [0.5, 0.6) is 0 Å². The molecule has 0 bridgehead atoms. The fraction of sp³-hybridized carbons (Fsp3) is 0.294. The number of hydrogen-bond acceptors (Lipinski definition) is 2. The summed E-state index contributed by atoms with van der Waals surface area (Å²) in [5, 5.41) is 2.05. The van der Waals surface area contributed by atoms with E-state index in [1.54, 1.807) is 4.90 Å². The Morgan fingerprint density at radius 3 is 2.70 bits per heavy atom. The lowest BCUT2D eigenvalue weighted by Gasteiger charge is -2.30. The van der Waals surface area contributed by atoms with E-state index in [1.165, 1.54) is 0 Å². The van der Waals surface area contributed by atoms with Crippen LogP contribution in [-0.2, 0) is 4.79 Å². The van der Waals surface area contributed by atoms with E-state index < -0.39 is 0 Å². The van der Waals surface area contributed by atoms with E-state index in [2.05, 4.69) is 0 Å². The normalized spacial score (nSPS) is 19.4. The number of amides is 1. The molecule has 3 nitrogen and oxygen atoms in total. The summed E-state index contributed by atoms with van der Waals surface area (Å²) in [6.07, 6.45) is 0.470. The average Bonchev–Trinajstić information content (AvgIpc) is 2.49. The number of rotatable bonds is 1. The zero-order chi connectivity index (χ0) is 14.1. The Morgan fingerprint density at radius 2 is 1.90 bits per heavy atom. The van der Waals surface area contributed by atoms with Gasteiger partial charge in [0.1, 0.15) is 5.78 Å². The standard InChI is InChI=1S/C17H17NO2/c1-12-11-18(10-9-16(12)19)17(20)15-8-4-6-13-5-2-3-7-14(13)15/h2-8,12H,9-11H2,1H3. The van der Waals surface area contributed by atoms with E-state index in [1.807, 2.05) is 49.4 Å². The smallest absolute Gasteiger partial charge is 0.254 e. The molecule has 2 aromatic carbocycles. The van der Waals surface area contributed by atoms with Crippen molar-refractivity contribution in [2.24, 2.45) is 5.92 Å². The molecule has 102 valence electrons. The number of Topliss-reactive ketones (excluding diaryl/α,β-unsaturated/α-hetero) is 1. The Morgan fingerprint density at radius 1 is 1.15 bits per heavy atom. The van der Waals surface area contributed by atoms with Crippen molar-refractivity contribution in [1.29, 1.82) is 0 Å². The quantitative estimate of drug-likeness (QED) is 0.796. The van der Waals surface area contributed by atoms with E-state index in [0.717, 1.165) is 16.3 Å². The highest BCUT2D eigenvalue weighted by molar-refractivity contribution is 6.07. The van der Waals surface area contributed by atoms with Gasteiger partial charge in [0.25, 0.3) is 5.91 Å². The number of benzene rings is 2. The Bertz CT molecular complexity index is 672. The molecule has 1 heterocycles. The molecular weight excluding hydrogens is 250 g/mol. The number of likely N-dealkylation sites (tertiary alicyclic amines) is 1. The van der Waals surface area contributed by atoms with E-state index in [4.69, 9.17) is 0 Å². The van der Waals surface area contributed by atoms with Gasteiger partial charge in [-0.05, 0) is 16.8 Å². The molecular formula is C17H17NO2. The van der Waals surface area contributed by atoms with Crippen molar-refractivity contribution in [1.82, 2.24) is 4.90 Å². The minimum absolute atomic E-state index is 0.0288. The maximum atomic E-state index is 12.7. The van der Waals surface area contributed by atoms with Crippen LogP contribution in [0.25, 0.3) is 10.8 Å². The molecule has 0 aliphatic carbocycles. The van der Waals surface area contributed by atoms with E-state index in [-0.39, 0.29) is 17.6 Å². The van der Waals surface area contributed by atoms with E-state index >= 15 is 0 Å². The van der Waals surface area contributed by atoms with E-state index in [0.29, 0.717) is 19.5 Å². The number of nitrogens with zero attached hydrogens (tertiary/aromatic N) is 1. The van der Waals surface area contributed by atoms with Gasteiger partial charge in [0.05, 0.1) is 0 Å². The fourth-order valence-electron chi connectivity index (χ4n) is 2.78. The topological polar surface area (TPSA) is 37.4 Å². The number of carbonyl (C=O) groups is 2. The monoisotopic (exact) mass is 267 g/mol. The second-order valence-corrected chi connectivity index (χ2v) is 5.40. The van der Waals surface area contributed by atoms with Crippen LogP contribution < -0.4 is 0 Å². The molecule has 1 aliphatic rings. The number of ketones is 1. The zero-order valence-corrected chi connectivity index (χ0v) is 11.5. The molecule has 1 fully saturated rings. The summed E-state index contributed by atoms with van der Waals surface area (Å²) in [4.78, 5) is 26.1.